The number of carboxylic acid groups (broad SMARTS) is 1. The van der Waals surface area contributed by atoms with Crippen molar-refractivity contribution in [3.05, 3.63) is 57.1 Å². The summed E-state index contributed by atoms with van der Waals surface area (Å²) >= 11 is 3.69. The summed E-state index contributed by atoms with van der Waals surface area (Å²) in [4.78, 5) is 11.6. The highest BCUT2D eigenvalue weighted by Crippen LogP contribution is 2.37. The molecule has 1 fully saturated rings. The molecule has 0 bridgehead atoms. The Bertz CT molecular complexity index is 970. The minimum atomic E-state index is -0.958. The minimum Gasteiger partial charge on any atom is -0.497 e. The molecule has 2 aromatic carbocycles. The molecule has 0 amide bonds. The Morgan fingerprint density at radius 1 is 1.06 bits per heavy atom. The van der Waals surface area contributed by atoms with Crippen molar-refractivity contribution in [3.8, 4) is 5.75 Å². The fraction of sp³-hybridized carbons (Fsp3) is 0.458. The lowest BCUT2D eigenvalue weighted by Crippen LogP contribution is -2.41. The molecule has 1 aliphatic rings. The molecule has 5 nitrogen and oxygen atoms in total. The summed E-state index contributed by atoms with van der Waals surface area (Å²) in [6.45, 7) is 10.0. The van der Waals surface area contributed by atoms with Crippen LogP contribution < -0.4 is 10.2 Å². The highest BCUT2D eigenvalue weighted by Gasteiger charge is 2.52. The van der Waals surface area contributed by atoms with E-state index in [1.54, 1.807) is 19.2 Å². The van der Waals surface area contributed by atoms with E-state index < -0.39 is 24.3 Å². The van der Waals surface area contributed by atoms with E-state index in [-0.39, 0.29) is 5.56 Å². The van der Waals surface area contributed by atoms with Gasteiger partial charge in [0.25, 0.3) is 0 Å². The molecule has 31 heavy (non-hydrogen) atoms. The first-order valence-corrected chi connectivity index (χ1v) is 11.3. The molecule has 1 aliphatic heterocycles. The number of carboxylic acids is 1. The van der Waals surface area contributed by atoms with Crippen LogP contribution in [0.1, 0.15) is 61.2 Å². The van der Waals surface area contributed by atoms with Gasteiger partial charge in [-0.3, -0.25) is 0 Å². The molecule has 1 saturated heterocycles. The molecule has 1 heterocycles. The van der Waals surface area contributed by atoms with E-state index >= 15 is 0 Å². The monoisotopic (exact) mass is 488 g/mol. The Morgan fingerprint density at radius 2 is 1.68 bits per heavy atom. The average Bonchev–Trinajstić information content (AvgIpc) is 2.92. The third-order valence-electron chi connectivity index (χ3n) is 6.33. The molecular weight excluding hydrogens is 459 g/mol. The maximum atomic E-state index is 11.6. The van der Waals surface area contributed by atoms with Gasteiger partial charge in [-0.25, -0.2) is 4.79 Å². The SMILES string of the molecule is COc1cc(C)c(Br)c(CCCc2ccc(C(=O)O)cc2B2OC(C)(C)C(C)(C)O2)c1. The van der Waals surface area contributed by atoms with E-state index in [0.29, 0.717) is 0 Å². The fourth-order valence-corrected chi connectivity index (χ4v) is 4.15. The Balaban J connectivity index is 1.84. The number of rotatable bonds is 7. The first-order valence-electron chi connectivity index (χ1n) is 10.5. The maximum absolute atomic E-state index is 11.6. The minimum absolute atomic E-state index is 0.236. The number of ether oxygens (including phenoxy) is 1. The molecule has 166 valence electrons. The second kappa shape index (κ2) is 8.97. The number of benzene rings is 2. The molecule has 0 unspecified atom stereocenters. The number of methoxy groups -OCH3 is 1. The molecule has 0 radical (unpaired) electrons. The number of hydrogen-bond donors (Lipinski definition) is 1. The number of hydrogen-bond acceptors (Lipinski definition) is 4. The fourth-order valence-electron chi connectivity index (χ4n) is 3.72. The van der Waals surface area contributed by atoms with Crippen molar-refractivity contribution in [3.63, 3.8) is 0 Å². The van der Waals surface area contributed by atoms with Gasteiger partial charge in [0.15, 0.2) is 0 Å². The zero-order valence-electron chi connectivity index (χ0n) is 19.0. The Kier molecular flexibility index (Phi) is 6.89. The standard InChI is InChI=1S/C24H30BBrO5/c1-15-12-19(29-6)13-17(21(15)26)9-7-8-16-10-11-18(22(27)28)14-20(16)25-30-23(2,3)24(4,5)31-25/h10-14H,7-9H2,1-6H3,(H,27,28). The van der Waals surface area contributed by atoms with Crippen LogP contribution in [0.3, 0.4) is 0 Å². The molecule has 0 aromatic heterocycles. The van der Waals surface area contributed by atoms with E-state index in [4.69, 9.17) is 14.0 Å². The van der Waals surface area contributed by atoms with Gasteiger partial charge in [0.05, 0.1) is 23.9 Å². The Morgan fingerprint density at radius 3 is 2.26 bits per heavy atom. The van der Waals surface area contributed by atoms with E-state index in [2.05, 4.69) is 28.9 Å². The van der Waals surface area contributed by atoms with Crippen molar-refractivity contribution in [1.82, 2.24) is 0 Å². The second-order valence-corrected chi connectivity index (χ2v) is 9.87. The van der Waals surface area contributed by atoms with Crippen molar-refractivity contribution >= 4 is 34.5 Å². The summed E-state index contributed by atoms with van der Waals surface area (Å²) in [5.74, 6) is -0.112. The summed E-state index contributed by atoms with van der Waals surface area (Å²) in [5, 5.41) is 9.48. The average molecular weight is 489 g/mol. The summed E-state index contributed by atoms with van der Waals surface area (Å²) in [6.07, 6.45) is 2.54. The lowest BCUT2D eigenvalue weighted by atomic mass is 9.74. The van der Waals surface area contributed by atoms with Crippen molar-refractivity contribution in [2.24, 2.45) is 0 Å². The summed E-state index contributed by atoms with van der Waals surface area (Å²) in [7, 11) is 1.08. The number of halogens is 1. The van der Waals surface area contributed by atoms with Gasteiger partial charge < -0.3 is 19.2 Å². The van der Waals surface area contributed by atoms with Gasteiger partial charge in [-0.1, -0.05) is 22.0 Å². The zero-order chi connectivity index (χ0) is 23.0. The Labute approximate surface area is 193 Å². The second-order valence-electron chi connectivity index (χ2n) is 9.08. The zero-order valence-corrected chi connectivity index (χ0v) is 20.6. The number of aromatic carboxylic acids is 1. The molecule has 3 rings (SSSR count). The van der Waals surface area contributed by atoms with Gasteiger partial charge in [-0.15, -0.1) is 0 Å². The van der Waals surface area contributed by atoms with E-state index in [0.717, 1.165) is 46.1 Å². The molecule has 0 aliphatic carbocycles. The molecule has 2 aromatic rings. The molecule has 0 saturated carbocycles. The molecular formula is C24H30BBrO5. The van der Waals surface area contributed by atoms with Crippen LogP contribution in [-0.2, 0) is 22.2 Å². The third-order valence-corrected chi connectivity index (χ3v) is 7.47. The summed E-state index contributed by atoms with van der Waals surface area (Å²) in [6, 6.07) is 9.29. The Hall–Kier alpha value is -1.83. The van der Waals surface area contributed by atoms with E-state index in [9.17, 15) is 9.90 Å². The topological polar surface area (TPSA) is 65.0 Å². The van der Waals surface area contributed by atoms with Gasteiger partial charge in [-0.2, -0.15) is 0 Å². The number of aryl methyl sites for hydroxylation is 3. The highest BCUT2D eigenvalue weighted by molar-refractivity contribution is 9.10. The van der Waals surface area contributed by atoms with Crippen LogP contribution in [0.2, 0.25) is 0 Å². The normalized spacial score (nSPS) is 17.1. The first kappa shape index (κ1) is 23.8. The largest absolute Gasteiger partial charge is 0.497 e. The summed E-state index contributed by atoms with van der Waals surface area (Å²) < 4.78 is 18.9. The van der Waals surface area contributed by atoms with Crippen LogP contribution >= 0.6 is 15.9 Å². The third kappa shape index (κ3) is 4.99. The van der Waals surface area contributed by atoms with Gasteiger partial charge in [0.2, 0.25) is 0 Å². The molecule has 0 spiro atoms. The maximum Gasteiger partial charge on any atom is 0.495 e. The smallest absolute Gasteiger partial charge is 0.495 e. The van der Waals surface area contributed by atoms with Gasteiger partial charge in [-0.05, 0) is 100 Å². The van der Waals surface area contributed by atoms with Crippen LogP contribution in [0, 0.1) is 6.92 Å². The van der Waals surface area contributed by atoms with Crippen LogP contribution in [0.5, 0.6) is 5.75 Å². The van der Waals surface area contributed by atoms with Crippen molar-refractivity contribution in [2.75, 3.05) is 7.11 Å². The van der Waals surface area contributed by atoms with Crippen molar-refractivity contribution in [1.29, 1.82) is 0 Å². The molecule has 1 N–H and O–H groups in total. The molecule has 0 atom stereocenters. The van der Waals surface area contributed by atoms with Crippen molar-refractivity contribution in [2.45, 2.75) is 65.1 Å². The van der Waals surface area contributed by atoms with Crippen LogP contribution in [0.4, 0.5) is 0 Å². The number of carbonyl (C=O) groups is 1. The van der Waals surface area contributed by atoms with E-state index in [1.807, 2.05) is 39.8 Å². The lowest BCUT2D eigenvalue weighted by molar-refractivity contribution is 0.00578. The van der Waals surface area contributed by atoms with Gasteiger partial charge in [0, 0.05) is 4.47 Å². The van der Waals surface area contributed by atoms with Crippen LogP contribution in [-0.4, -0.2) is 36.5 Å². The van der Waals surface area contributed by atoms with E-state index in [1.165, 1.54) is 5.56 Å². The van der Waals surface area contributed by atoms with Crippen LogP contribution in [0.25, 0.3) is 0 Å². The van der Waals surface area contributed by atoms with Crippen LogP contribution in [0.15, 0.2) is 34.8 Å². The first-order chi connectivity index (χ1) is 14.4. The predicted molar refractivity (Wildman–Crippen MR) is 127 cm³/mol. The van der Waals surface area contributed by atoms with Crippen molar-refractivity contribution < 1.29 is 23.9 Å². The van der Waals surface area contributed by atoms with Gasteiger partial charge in [0.1, 0.15) is 5.75 Å². The highest BCUT2D eigenvalue weighted by atomic mass is 79.9. The van der Waals surface area contributed by atoms with Gasteiger partial charge >= 0.3 is 13.1 Å². The quantitative estimate of drug-likeness (QED) is 0.559. The lowest BCUT2D eigenvalue weighted by Gasteiger charge is -2.32. The molecule has 7 heteroatoms. The predicted octanol–water partition coefficient (Wildman–Crippen LogP) is 4.94. The summed E-state index contributed by atoms with van der Waals surface area (Å²) in [5.41, 5.74) is 3.42.